The molecule has 0 aliphatic carbocycles. The lowest BCUT2D eigenvalue weighted by Crippen LogP contribution is -2.42. The molecule has 0 bridgehead atoms. The Labute approximate surface area is 171 Å². The summed E-state index contributed by atoms with van der Waals surface area (Å²) in [5, 5.41) is 10.7. The molecule has 0 aliphatic heterocycles. The van der Waals surface area contributed by atoms with Crippen molar-refractivity contribution in [2.75, 3.05) is 13.1 Å². The molecule has 1 N–H and O–H groups in total. The van der Waals surface area contributed by atoms with Gasteiger partial charge in [0.25, 0.3) is 0 Å². The maximum Gasteiger partial charge on any atom is 0.243 e. The predicted molar refractivity (Wildman–Crippen MR) is 117 cm³/mol. The van der Waals surface area contributed by atoms with Crippen molar-refractivity contribution in [3.8, 4) is 0 Å². The molecular formula is C23H35NO3S. The summed E-state index contributed by atoms with van der Waals surface area (Å²) in [6.07, 6.45) is -0.0180. The van der Waals surface area contributed by atoms with Crippen LogP contribution in [0, 0.1) is 11.8 Å². The van der Waals surface area contributed by atoms with E-state index in [2.05, 4.69) is 0 Å². The zero-order valence-electron chi connectivity index (χ0n) is 17.7. The summed E-state index contributed by atoms with van der Waals surface area (Å²) in [5.41, 5.74) is 1.14. The SMILES string of the molecule is CC.CC(C)CN(C[C@@H](O)[C@@H](C)Cc1ccccc1)S(=O)(=O)c1ccccc1. The van der Waals surface area contributed by atoms with Gasteiger partial charge in [-0.3, -0.25) is 0 Å². The molecule has 0 amide bonds. The molecule has 0 radical (unpaired) electrons. The minimum atomic E-state index is -3.62. The van der Waals surface area contributed by atoms with Crippen LogP contribution in [0.1, 0.15) is 40.2 Å². The second-order valence-corrected chi connectivity index (χ2v) is 9.20. The average molecular weight is 406 g/mol. The third-order valence-corrected chi connectivity index (χ3v) is 6.24. The Kier molecular flexibility index (Phi) is 10.4. The predicted octanol–water partition coefficient (Wildman–Crippen LogP) is 4.60. The van der Waals surface area contributed by atoms with E-state index in [0.717, 1.165) is 5.56 Å². The highest BCUT2D eigenvalue weighted by atomic mass is 32.2. The van der Waals surface area contributed by atoms with Crippen LogP contribution in [0.4, 0.5) is 0 Å². The number of aliphatic hydroxyl groups is 1. The van der Waals surface area contributed by atoms with Gasteiger partial charge in [-0.25, -0.2) is 8.42 Å². The second-order valence-electron chi connectivity index (χ2n) is 7.26. The smallest absolute Gasteiger partial charge is 0.243 e. The van der Waals surface area contributed by atoms with E-state index >= 15 is 0 Å². The lowest BCUT2D eigenvalue weighted by molar-refractivity contribution is 0.0919. The summed E-state index contributed by atoms with van der Waals surface area (Å²) in [6.45, 7) is 10.4. The van der Waals surface area contributed by atoms with Crippen molar-refractivity contribution in [3.05, 3.63) is 66.2 Å². The highest BCUT2D eigenvalue weighted by Crippen LogP contribution is 2.20. The Morgan fingerprint density at radius 3 is 1.86 bits per heavy atom. The average Bonchev–Trinajstić information content (AvgIpc) is 2.70. The molecule has 2 aromatic carbocycles. The van der Waals surface area contributed by atoms with Gasteiger partial charge in [-0.2, -0.15) is 4.31 Å². The molecule has 2 atom stereocenters. The normalized spacial score (nSPS) is 13.7. The first kappa shape index (κ1) is 24.3. The Balaban J connectivity index is 0.00000190. The summed E-state index contributed by atoms with van der Waals surface area (Å²) < 4.78 is 27.4. The Morgan fingerprint density at radius 1 is 0.857 bits per heavy atom. The molecule has 5 heteroatoms. The van der Waals surface area contributed by atoms with Crippen molar-refractivity contribution in [1.82, 2.24) is 4.31 Å². The maximum atomic E-state index is 13.0. The van der Waals surface area contributed by atoms with Crippen molar-refractivity contribution in [1.29, 1.82) is 0 Å². The zero-order chi connectivity index (χ0) is 21.2. The van der Waals surface area contributed by atoms with Crippen molar-refractivity contribution in [2.24, 2.45) is 11.8 Å². The molecule has 0 heterocycles. The molecule has 2 aromatic rings. The quantitative estimate of drug-likeness (QED) is 0.663. The number of sulfonamides is 1. The second kappa shape index (κ2) is 12.0. The van der Waals surface area contributed by atoms with E-state index in [1.807, 2.05) is 65.0 Å². The van der Waals surface area contributed by atoms with Gasteiger partial charge in [-0.15, -0.1) is 0 Å². The van der Waals surface area contributed by atoms with Gasteiger partial charge in [-0.05, 0) is 36.0 Å². The van der Waals surface area contributed by atoms with E-state index in [-0.39, 0.29) is 23.3 Å². The summed E-state index contributed by atoms with van der Waals surface area (Å²) >= 11 is 0. The third kappa shape index (κ3) is 7.38. The Morgan fingerprint density at radius 2 is 1.36 bits per heavy atom. The minimum Gasteiger partial charge on any atom is -0.391 e. The molecule has 0 unspecified atom stereocenters. The molecule has 28 heavy (non-hydrogen) atoms. The first-order valence-corrected chi connectivity index (χ1v) is 11.5. The standard InChI is InChI=1S/C21H29NO3S.C2H6/c1-17(2)15-22(26(24,25)20-12-8-5-9-13-20)16-21(23)18(3)14-19-10-6-4-7-11-19;1-2/h4-13,17-18,21,23H,14-16H2,1-3H3;1-2H3/t18-,21+;/m0./s1. The minimum absolute atomic E-state index is 0.0435. The van der Waals surface area contributed by atoms with Crippen LogP contribution < -0.4 is 0 Å². The van der Waals surface area contributed by atoms with E-state index < -0.39 is 16.1 Å². The van der Waals surface area contributed by atoms with Crippen LogP contribution in [-0.4, -0.2) is 37.0 Å². The highest BCUT2D eigenvalue weighted by Gasteiger charge is 2.29. The van der Waals surface area contributed by atoms with Gasteiger partial charge in [0.05, 0.1) is 11.0 Å². The fourth-order valence-corrected chi connectivity index (χ4v) is 4.57. The fourth-order valence-electron chi connectivity index (χ4n) is 2.93. The largest absolute Gasteiger partial charge is 0.391 e. The first-order valence-electron chi connectivity index (χ1n) is 10.1. The zero-order valence-corrected chi connectivity index (χ0v) is 18.6. The van der Waals surface area contributed by atoms with Gasteiger partial charge in [0.2, 0.25) is 10.0 Å². The van der Waals surface area contributed by atoms with E-state index in [1.54, 1.807) is 30.3 Å². The molecule has 0 spiro atoms. The van der Waals surface area contributed by atoms with Gasteiger partial charge in [-0.1, -0.05) is 83.1 Å². The third-order valence-electron chi connectivity index (χ3n) is 4.40. The number of aliphatic hydroxyl groups excluding tert-OH is 1. The van der Waals surface area contributed by atoms with E-state index in [4.69, 9.17) is 0 Å². The molecule has 0 saturated carbocycles. The fraction of sp³-hybridized carbons (Fsp3) is 0.478. The van der Waals surface area contributed by atoms with E-state index in [1.165, 1.54) is 4.31 Å². The molecule has 0 aromatic heterocycles. The summed E-state index contributed by atoms with van der Waals surface area (Å²) in [5.74, 6) is 0.128. The van der Waals surface area contributed by atoms with Crippen molar-refractivity contribution in [3.63, 3.8) is 0 Å². The van der Waals surface area contributed by atoms with Gasteiger partial charge in [0.15, 0.2) is 0 Å². The lowest BCUT2D eigenvalue weighted by atomic mass is 9.96. The Bertz CT molecular complexity index is 761. The van der Waals surface area contributed by atoms with Crippen LogP contribution in [0.3, 0.4) is 0 Å². The molecule has 156 valence electrons. The topological polar surface area (TPSA) is 57.6 Å². The molecule has 0 saturated heterocycles. The van der Waals surface area contributed by atoms with Crippen LogP contribution >= 0.6 is 0 Å². The van der Waals surface area contributed by atoms with Gasteiger partial charge < -0.3 is 5.11 Å². The molecule has 4 nitrogen and oxygen atoms in total. The number of hydrogen-bond donors (Lipinski definition) is 1. The van der Waals surface area contributed by atoms with Crippen molar-refractivity contribution < 1.29 is 13.5 Å². The van der Waals surface area contributed by atoms with Crippen LogP contribution in [0.2, 0.25) is 0 Å². The number of nitrogens with zero attached hydrogens (tertiary/aromatic N) is 1. The first-order chi connectivity index (χ1) is 13.3. The molecule has 0 fully saturated rings. The van der Waals surface area contributed by atoms with Crippen molar-refractivity contribution in [2.45, 2.75) is 52.0 Å². The summed E-state index contributed by atoms with van der Waals surface area (Å²) in [6, 6.07) is 18.4. The van der Waals surface area contributed by atoms with Crippen LogP contribution in [0.15, 0.2) is 65.6 Å². The Hall–Kier alpha value is -1.69. The summed E-state index contributed by atoms with van der Waals surface area (Å²) in [7, 11) is -3.62. The molecule has 0 aliphatic rings. The van der Waals surface area contributed by atoms with Crippen LogP contribution in [-0.2, 0) is 16.4 Å². The number of hydrogen-bond acceptors (Lipinski definition) is 3. The number of rotatable bonds is 9. The monoisotopic (exact) mass is 405 g/mol. The number of benzene rings is 2. The van der Waals surface area contributed by atoms with Gasteiger partial charge >= 0.3 is 0 Å². The lowest BCUT2D eigenvalue weighted by Gasteiger charge is -2.28. The van der Waals surface area contributed by atoms with Crippen LogP contribution in [0.25, 0.3) is 0 Å². The van der Waals surface area contributed by atoms with Crippen molar-refractivity contribution >= 4 is 10.0 Å². The molecular weight excluding hydrogens is 370 g/mol. The maximum absolute atomic E-state index is 13.0. The van der Waals surface area contributed by atoms with Gasteiger partial charge in [0, 0.05) is 13.1 Å². The highest BCUT2D eigenvalue weighted by molar-refractivity contribution is 7.89. The van der Waals surface area contributed by atoms with E-state index in [0.29, 0.717) is 13.0 Å². The van der Waals surface area contributed by atoms with Crippen LogP contribution in [0.5, 0.6) is 0 Å². The van der Waals surface area contributed by atoms with E-state index in [9.17, 15) is 13.5 Å². The molecule has 2 rings (SSSR count). The summed E-state index contributed by atoms with van der Waals surface area (Å²) in [4.78, 5) is 0.267. The van der Waals surface area contributed by atoms with Gasteiger partial charge in [0.1, 0.15) is 0 Å².